The third-order valence-electron chi connectivity index (χ3n) is 1.19. The molecule has 3 heteroatoms. The molecule has 1 aromatic carbocycles. The van der Waals surface area contributed by atoms with Crippen molar-refractivity contribution in [3.63, 3.8) is 0 Å². The molecule has 0 bridgehead atoms. The quantitative estimate of drug-likeness (QED) is 0.634. The van der Waals surface area contributed by atoms with Crippen LogP contribution in [0.3, 0.4) is 0 Å². The van der Waals surface area contributed by atoms with E-state index in [2.05, 4.69) is 0 Å². The molecule has 0 atom stereocenters. The predicted octanol–water partition coefficient (Wildman–Crippen LogP) is 2.70. The van der Waals surface area contributed by atoms with Crippen molar-refractivity contribution in [2.75, 3.05) is 0 Å². The molecule has 1 rings (SSSR count). The van der Waals surface area contributed by atoms with Crippen molar-refractivity contribution in [2.45, 2.75) is 11.8 Å². The molecule has 1 N–H and O–H groups in total. The van der Waals surface area contributed by atoms with Gasteiger partial charge in [-0.3, -0.25) is 0 Å². The first-order valence-corrected chi connectivity index (χ1v) is 3.59. The lowest BCUT2D eigenvalue weighted by Gasteiger charge is -1.96. The van der Waals surface area contributed by atoms with Crippen LogP contribution in [0.25, 0.3) is 0 Å². The van der Waals surface area contributed by atoms with E-state index in [1.807, 2.05) is 0 Å². The summed E-state index contributed by atoms with van der Waals surface area (Å²) in [6, 6.07) is 4.69. The Kier molecular flexibility index (Phi) is 2.29. The number of aryl methyl sites for hydroxylation is 1. The van der Waals surface area contributed by atoms with Crippen LogP contribution in [0.15, 0.2) is 23.1 Å². The van der Waals surface area contributed by atoms with E-state index >= 15 is 0 Å². The van der Waals surface area contributed by atoms with Crippen molar-refractivity contribution >= 4 is 12.0 Å². The molecule has 1 nitrogen and oxygen atoms in total. The topological polar surface area (TPSA) is 20.2 Å². The highest BCUT2D eigenvalue weighted by molar-refractivity contribution is 7.93. The maximum atomic E-state index is 12.7. The number of benzene rings is 1. The van der Waals surface area contributed by atoms with E-state index in [0.717, 1.165) is 5.56 Å². The molecule has 0 spiro atoms. The van der Waals surface area contributed by atoms with Gasteiger partial charge < -0.3 is 4.55 Å². The summed E-state index contributed by atoms with van der Waals surface area (Å²) in [4.78, 5) is 0.269. The maximum Gasteiger partial charge on any atom is 0.139 e. The fourth-order valence-electron chi connectivity index (χ4n) is 0.680. The van der Waals surface area contributed by atoms with Crippen molar-refractivity contribution < 1.29 is 8.94 Å². The van der Waals surface area contributed by atoms with E-state index in [1.54, 1.807) is 19.1 Å². The molecule has 10 heavy (non-hydrogen) atoms. The highest BCUT2D eigenvalue weighted by atomic mass is 32.2. The highest BCUT2D eigenvalue weighted by Gasteiger charge is 1.99. The minimum absolute atomic E-state index is 0.269. The molecule has 0 amide bonds. The second-order valence-electron chi connectivity index (χ2n) is 2.03. The maximum absolute atomic E-state index is 12.7. The van der Waals surface area contributed by atoms with E-state index in [9.17, 15) is 4.39 Å². The first-order valence-electron chi connectivity index (χ1n) is 2.81. The van der Waals surface area contributed by atoms with Crippen LogP contribution in [0.1, 0.15) is 5.56 Å². The number of halogens is 1. The third kappa shape index (κ3) is 1.49. The lowest BCUT2D eigenvalue weighted by Crippen LogP contribution is -1.80. The zero-order valence-electron chi connectivity index (χ0n) is 5.47. The Morgan fingerprint density at radius 1 is 1.50 bits per heavy atom. The molecule has 0 aromatic heterocycles. The first kappa shape index (κ1) is 7.57. The van der Waals surface area contributed by atoms with Crippen LogP contribution in [0, 0.1) is 12.7 Å². The van der Waals surface area contributed by atoms with Gasteiger partial charge in [0.15, 0.2) is 0 Å². The Hall–Kier alpha value is -0.540. The summed E-state index contributed by atoms with van der Waals surface area (Å²) in [7, 11) is 0. The van der Waals surface area contributed by atoms with Crippen LogP contribution in [0.5, 0.6) is 0 Å². The van der Waals surface area contributed by atoms with E-state index in [0.29, 0.717) is 12.0 Å². The lowest BCUT2D eigenvalue weighted by molar-refractivity contribution is 0.590. The fourth-order valence-corrected chi connectivity index (χ4v) is 0.955. The number of rotatable bonds is 1. The van der Waals surface area contributed by atoms with Gasteiger partial charge >= 0.3 is 0 Å². The number of hydrogen-bond donors (Lipinski definition) is 1. The van der Waals surface area contributed by atoms with Crippen molar-refractivity contribution in [3.05, 3.63) is 29.6 Å². The average Bonchev–Trinajstić information content (AvgIpc) is 1.88. The van der Waals surface area contributed by atoms with Gasteiger partial charge in [-0.15, -0.1) is 0 Å². The van der Waals surface area contributed by atoms with Crippen molar-refractivity contribution in [3.8, 4) is 0 Å². The molecular weight excluding hydrogens is 151 g/mol. The van der Waals surface area contributed by atoms with Gasteiger partial charge in [-0.05, 0) is 24.6 Å². The summed E-state index contributed by atoms with van der Waals surface area (Å²) < 4.78 is 21.2. The molecule has 0 aliphatic carbocycles. The second-order valence-corrected chi connectivity index (χ2v) is 2.65. The third-order valence-corrected chi connectivity index (χ3v) is 1.71. The summed E-state index contributed by atoms with van der Waals surface area (Å²) in [6.45, 7) is 1.80. The summed E-state index contributed by atoms with van der Waals surface area (Å²) in [5, 5.41) is 0. The second kappa shape index (κ2) is 3.03. The van der Waals surface area contributed by atoms with Crippen molar-refractivity contribution in [1.82, 2.24) is 0 Å². The smallest absolute Gasteiger partial charge is 0.139 e. The van der Waals surface area contributed by atoms with Crippen molar-refractivity contribution in [1.29, 1.82) is 0 Å². The SMILES string of the molecule is Cc1ccc(SO)c(F)c1. The van der Waals surface area contributed by atoms with Gasteiger partial charge in [-0.1, -0.05) is 6.07 Å². The Morgan fingerprint density at radius 2 is 2.20 bits per heavy atom. The van der Waals surface area contributed by atoms with Gasteiger partial charge in [0.25, 0.3) is 0 Å². The Bertz CT molecular complexity index is 237. The number of hydrogen-bond acceptors (Lipinski definition) is 2. The van der Waals surface area contributed by atoms with Crippen LogP contribution in [-0.2, 0) is 0 Å². The van der Waals surface area contributed by atoms with E-state index in [4.69, 9.17) is 4.55 Å². The molecule has 0 aliphatic rings. The van der Waals surface area contributed by atoms with Crippen molar-refractivity contribution in [2.24, 2.45) is 0 Å². The largest absolute Gasteiger partial charge is 0.325 e. The predicted molar refractivity (Wildman–Crippen MR) is 39.6 cm³/mol. The van der Waals surface area contributed by atoms with Gasteiger partial charge in [0, 0.05) is 12.0 Å². The van der Waals surface area contributed by atoms with Gasteiger partial charge in [0.2, 0.25) is 0 Å². The Balaban J connectivity index is 3.07. The molecule has 0 heterocycles. The van der Waals surface area contributed by atoms with Crippen LogP contribution in [0.4, 0.5) is 4.39 Å². The minimum atomic E-state index is -0.368. The Morgan fingerprint density at radius 3 is 2.70 bits per heavy atom. The molecule has 0 fully saturated rings. The molecular formula is C7H7FOS. The summed E-state index contributed by atoms with van der Waals surface area (Å²) >= 11 is 0.429. The van der Waals surface area contributed by atoms with E-state index in [1.165, 1.54) is 6.07 Å². The van der Waals surface area contributed by atoms with Gasteiger partial charge in [-0.2, -0.15) is 0 Å². The molecule has 0 aliphatic heterocycles. The summed E-state index contributed by atoms with van der Waals surface area (Å²) in [5.41, 5.74) is 0.857. The van der Waals surface area contributed by atoms with Crippen LogP contribution in [0.2, 0.25) is 0 Å². The first-order chi connectivity index (χ1) is 4.74. The monoisotopic (exact) mass is 158 g/mol. The molecule has 0 saturated heterocycles. The zero-order chi connectivity index (χ0) is 7.56. The van der Waals surface area contributed by atoms with Crippen LogP contribution in [-0.4, -0.2) is 4.55 Å². The standard InChI is InChI=1S/C7H7FOS/c1-5-2-3-7(10-9)6(8)4-5/h2-4,9H,1H3. The zero-order valence-corrected chi connectivity index (χ0v) is 6.28. The van der Waals surface area contributed by atoms with E-state index in [-0.39, 0.29) is 10.7 Å². The van der Waals surface area contributed by atoms with Gasteiger partial charge in [0.1, 0.15) is 5.82 Å². The summed E-state index contributed by atoms with van der Waals surface area (Å²) in [5.74, 6) is -0.368. The van der Waals surface area contributed by atoms with E-state index < -0.39 is 0 Å². The lowest BCUT2D eigenvalue weighted by atomic mass is 10.2. The van der Waals surface area contributed by atoms with Gasteiger partial charge in [0.05, 0.1) is 4.90 Å². The molecule has 0 unspecified atom stereocenters. The normalized spacial score (nSPS) is 9.90. The Labute approximate surface area is 63.1 Å². The van der Waals surface area contributed by atoms with Crippen LogP contribution >= 0.6 is 12.0 Å². The van der Waals surface area contributed by atoms with Crippen LogP contribution < -0.4 is 0 Å². The van der Waals surface area contributed by atoms with Gasteiger partial charge in [-0.25, -0.2) is 4.39 Å². The summed E-state index contributed by atoms with van der Waals surface area (Å²) in [6.07, 6.45) is 0. The molecule has 1 aromatic rings. The molecule has 0 saturated carbocycles. The minimum Gasteiger partial charge on any atom is -0.325 e. The molecule has 0 radical (unpaired) electrons. The molecule has 54 valence electrons. The fraction of sp³-hybridized carbons (Fsp3) is 0.143. The average molecular weight is 158 g/mol. The highest BCUT2D eigenvalue weighted by Crippen LogP contribution is 2.18.